The fourth-order valence-electron chi connectivity index (χ4n) is 2.83. The van der Waals surface area contributed by atoms with Crippen LogP contribution in [-0.4, -0.2) is 9.97 Å². The summed E-state index contributed by atoms with van der Waals surface area (Å²) in [6.45, 7) is 2.07. The van der Waals surface area contributed by atoms with Crippen molar-refractivity contribution in [3.05, 3.63) is 82.8 Å². The Morgan fingerprint density at radius 2 is 1.12 bits per heavy atom. The number of benzene rings is 3. The van der Waals surface area contributed by atoms with Gasteiger partial charge in [-0.05, 0) is 34.5 Å². The second-order valence-corrected chi connectivity index (χ2v) is 6.57. The summed E-state index contributed by atoms with van der Waals surface area (Å²) >= 11 is 3.62. The largest absolute Gasteiger partial charge is 0.244 e. The van der Waals surface area contributed by atoms with Gasteiger partial charge in [0.05, 0.1) is 16.9 Å². The van der Waals surface area contributed by atoms with Crippen molar-refractivity contribution in [1.82, 2.24) is 9.97 Å². The van der Waals surface area contributed by atoms with Gasteiger partial charge in [-0.25, -0.2) is 9.97 Å². The van der Waals surface area contributed by atoms with Crippen LogP contribution in [0.5, 0.6) is 0 Å². The van der Waals surface area contributed by atoms with Gasteiger partial charge in [0, 0.05) is 15.6 Å². The van der Waals surface area contributed by atoms with E-state index in [1.54, 1.807) is 0 Å². The van der Waals surface area contributed by atoms with Gasteiger partial charge in [0.2, 0.25) is 0 Å². The van der Waals surface area contributed by atoms with E-state index in [0.29, 0.717) is 0 Å². The number of halogens is 1. The van der Waals surface area contributed by atoms with E-state index in [4.69, 9.17) is 9.97 Å². The van der Waals surface area contributed by atoms with Crippen molar-refractivity contribution in [2.75, 3.05) is 0 Å². The Morgan fingerprint density at radius 1 is 0.625 bits per heavy atom. The van der Waals surface area contributed by atoms with E-state index >= 15 is 0 Å². The smallest absolute Gasteiger partial charge is 0.104 e. The molecular weight excluding hydrogens is 360 g/mol. The summed E-state index contributed by atoms with van der Waals surface area (Å²) in [6, 6.07) is 24.6. The minimum Gasteiger partial charge on any atom is -0.244 e. The molecule has 4 aromatic rings. The second-order valence-electron chi connectivity index (χ2n) is 5.71. The van der Waals surface area contributed by atoms with Crippen LogP contribution in [0.25, 0.3) is 33.5 Å². The number of hydrogen-bond acceptors (Lipinski definition) is 2. The number of nitrogens with zero attached hydrogens (tertiary/aromatic N) is 2. The lowest BCUT2D eigenvalue weighted by Crippen LogP contribution is -1.97. The molecule has 4 rings (SSSR count). The summed E-state index contributed by atoms with van der Waals surface area (Å²) in [7, 11) is 0. The average Bonchev–Trinajstić information content (AvgIpc) is 2.65. The Bertz CT molecular complexity index is 928. The molecule has 116 valence electrons. The molecule has 0 aliphatic carbocycles. The highest BCUT2D eigenvalue weighted by atomic mass is 79.9. The highest BCUT2D eigenvalue weighted by Gasteiger charge is 2.15. The molecule has 3 aromatic carbocycles. The molecule has 0 radical (unpaired) electrons. The molecule has 0 saturated heterocycles. The normalized spacial score (nSPS) is 10.9. The molecule has 0 N–H and O–H groups in total. The third kappa shape index (κ3) is 2.61. The van der Waals surface area contributed by atoms with Crippen LogP contribution in [0.15, 0.2) is 77.3 Å². The average molecular weight is 375 g/mol. The molecule has 0 fully saturated rings. The molecule has 24 heavy (non-hydrogen) atoms. The number of aryl methyl sites for hydroxylation is 1. The van der Waals surface area contributed by atoms with Gasteiger partial charge < -0.3 is 0 Å². The fourth-order valence-corrected chi connectivity index (χ4v) is 3.24. The zero-order chi connectivity index (χ0) is 16.5. The molecule has 0 unspecified atom stereocenters. The van der Waals surface area contributed by atoms with E-state index < -0.39 is 0 Å². The highest BCUT2D eigenvalue weighted by molar-refractivity contribution is 9.10. The van der Waals surface area contributed by atoms with Crippen LogP contribution in [0.4, 0.5) is 0 Å². The maximum Gasteiger partial charge on any atom is 0.104 e. The van der Waals surface area contributed by atoms with Crippen LogP contribution in [-0.2, 0) is 0 Å². The SMILES string of the molecule is Cc1ccc(Br)c2nc(-c3ccccc3)c(-c3ccccc3)nc12. The number of aromatic nitrogens is 2. The van der Waals surface area contributed by atoms with Crippen molar-refractivity contribution in [2.45, 2.75) is 6.92 Å². The Kier molecular flexibility index (Phi) is 3.87. The minimum absolute atomic E-state index is 0.897. The van der Waals surface area contributed by atoms with E-state index in [1.807, 2.05) is 42.5 Å². The molecule has 0 atom stereocenters. The molecule has 2 nitrogen and oxygen atoms in total. The quantitative estimate of drug-likeness (QED) is 0.427. The van der Waals surface area contributed by atoms with Gasteiger partial charge in [-0.2, -0.15) is 0 Å². The predicted octanol–water partition coefficient (Wildman–Crippen LogP) is 6.03. The van der Waals surface area contributed by atoms with Crippen molar-refractivity contribution >= 4 is 27.0 Å². The third-order valence-corrected chi connectivity index (χ3v) is 4.71. The molecule has 1 heterocycles. The maximum atomic E-state index is 4.99. The van der Waals surface area contributed by atoms with Gasteiger partial charge in [-0.15, -0.1) is 0 Å². The molecule has 0 spiro atoms. The van der Waals surface area contributed by atoms with E-state index in [0.717, 1.165) is 43.6 Å². The molecule has 1 aromatic heterocycles. The van der Waals surface area contributed by atoms with Crippen LogP contribution >= 0.6 is 15.9 Å². The zero-order valence-corrected chi connectivity index (χ0v) is 14.8. The third-order valence-electron chi connectivity index (χ3n) is 4.07. The lowest BCUT2D eigenvalue weighted by atomic mass is 10.0. The molecule has 3 heteroatoms. The van der Waals surface area contributed by atoms with Crippen LogP contribution in [0, 0.1) is 6.92 Å². The molecule has 0 amide bonds. The summed E-state index contributed by atoms with van der Waals surface area (Å²) < 4.78 is 0.965. The van der Waals surface area contributed by atoms with Gasteiger partial charge in [-0.3, -0.25) is 0 Å². The first-order chi connectivity index (χ1) is 11.7. The molecule has 0 bridgehead atoms. The van der Waals surface area contributed by atoms with Crippen molar-refractivity contribution in [3.63, 3.8) is 0 Å². The van der Waals surface area contributed by atoms with Gasteiger partial charge in [0.15, 0.2) is 0 Å². The van der Waals surface area contributed by atoms with E-state index in [1.165, 1.54) is 0 Å². The predicted molar refractivity (Wildman–Crippen MR) is 103 cm³/mol. The Morgan fingerprint density at radius 3 is 1.67 bits per heavy atom. The van der Waals surface area contributed by atoms with Crippen molar-refractivity contribution in [3.8, 4) is 22.5 Å². The van der Waals surface area contributed by atoms with Crippen molar-refractivity contribution in [2.24, 2.45) is 0 Å². The number of fused-ring (bicyclic) bond motifs is 1. The second kappa shape index (κ2) is 6.17. The maximum absolute atomic E-state index is 4.99. The van der Waals surface area contributed by atoms with E-state index in [-0.39, 0.29) is 0 Å². The first-order valence-corrected chi connectivity index (χ1v) is 8.61. The lowest BCUT2D eigenvalue weighted by molar-refractivity contribution is 1.27. The highest BCUT2D eigenvalue weighted by Crippen LogP contribution is 2.33. The van der Waals surface area contributed by atoms with Gasteiger partial charge in [0.25, 0.3) is 0 Å². The first-order valence-electron chi connectivity index (χ1n) is 7.82. The molecule has 0 aliphatic heterocycles. The lowest BCUT2D eigenvalue weighted by Gasteiger charge is -2.12. The van der Waals surface area contributed by atoms with Gasteiger partial charge in [0.1, 0.15) is 5.52 Å². The zero-order valence-electron chi connectivity index (χ0n) is 13.2. The van der Waals surface area contributed by atoms with Crippen molar-refractivity contribution < 1.29 is 0 Å². The van der Waals surface area contributed by atoms with Crippen molar-refractivity contribution in [1.29, 1.82) is 0 Å². The molecule has 0 aliphatic rings. The number of hydrogen-bond donors (Lipinski definition) is 0. The van der Waals surface area contributed by atoms with Gasteiger partial charge >= 0.3 is 0 Å². The topological polar surface area (TPSA) is 25.8 Å². The molecular formula is C21H15BrN2. The van der Waals surface area contributed by atoms with Crippen LogP contribution < -0.4 is 0 Å². The van der Waals surface area contributed by atoms with Crippen LogP contribution in [0.2, 0.25) is 0 Å². The monoisotopic (exact) mass is 374 g/mol. The Balaban J connectivity index is 2.10. The standard InChI is InChI=1S/C21H15BrN2/c1-14-12-13-17(22)21-18(14)23-19(15-8-4-2-5-9-15)20(24-21)16-10-6-3-7-11-16/h2-13H,1H3. The Hall–Kier alpha value is -2.52. The fraction of sp³-hybridized carbons (Fsp3) is 0.0476. The number of rotatable bonds is 2. The minimum atomic E-state index is 0.897. The molecule has 0 saturated carbocycles. The Labute approximate surface area is 149 Å². The first kappa shape index (κ1) is 15.0. The van der Waals surface area contributed by atoms with Crippen LogP contribution in [0.1, 0.15) is 5.56 Å². The van der Waals surface area contributed by atoms with E-state index in [2.05, 4.69) is 53.2 Å². The summed E-state index contributed by atoms with van der Waals surface area (Å²) in [5.41, 5.74) is 6.91. The summed E-state index contributed by atoms with van der Waals surface area (Å²) in [5.74, 6) is 0. The summed E-state index contributed by atoms with van der Waals surface area (Å²) in [4.78, 5) is 9.96. The van der Waals surface area contributed by atoms with Gasteiger partial charge in [-0.1, -0.05) is 66.7 Å². The summed E-state index contributed by atoms with van der Waals surface area (Å²) in [6.07, 6.45) is 0. The van der Waals surface area contributed by atoms with E-state index in [9.17, 15) is 0 Å². The van der Waals surface area contributed by atoms with Crippen LogP contribution in [0.3, 0.4) is 0 Å². The summed E-state index contributed by atoms with van der Waals surface area (Å²) in [5, 5.41) is 0.